The number of anilines is 2. The SMILES string of the molecule is CCOc1cc(NC(N)=O)nc(NC(=O)NS(=O)(=O)c2cc(C)c(CCOC)s2)c1. The summed E-state index contributed by atoms with van der Waals surface area (Å²) in [6, 6.07) is 2.40. The van der Waals surface area contributed by atoms with Gasteiger partial charge in [-0.15, -0.1) is 11.3 Å². The van der Waals surface area contributed by atoms with Crippen molar-refractivity contribution in [3.8, 4) is 5.75 Å². The number of urea groups is 2. The van der Waals surface area contributed by atoms with Crippen LogP contribution in [0.3, 0.4) is 0 Å². The maximum Gasteiger partial charge on any atom is 0.334 e. The number of pyridine rings is 1. The summed E-state index contributed by atoms with van der Waals surface area (Å²) in [5, 5.41) is 4.57. The van der Waals surface area contributed by atoms with Crippen molar-refractivity contribution in [3.05, 3.63) is 28.6 Å². The number of nitrogens with two attached hydrogens (primary N) is 1. The van der Waals surface area contributed by atoms with Gasteiger partial charge in [0.25, 0.3) is 10.0 Å². The van der Waals surface area contributed by atoms with Gasteiger partial charge in [0.15, 0.2) is 0 Å². The molecule has 0 saturated carbocycles. The fraction of sp³-hybridized carbons (Fsp3) is 0.353. The minimum atomic E-state index is -4.09. The van der Waals surface area contributed by atoms with Crippen molar-refractivity contribution in [1.29, 1.82) is 0 Å². The first kappa shape index (κ1) is 23.4. The number of nitrogens with one attached hydrogen (secondary N) is 3. The Balaban J connectivity index is 2.16. The van der Waals surface area contributed by atoms with Crippen LogP contribution in [-0.4, -0.2) is 45.8 Å². The molecule has 0 unspecified atom stereocenters. The number of carbonyl (C=O) groups excluding carboxylic acids is 2. The minimum Gasteiger partial charge on any atom is -0.494 e. The number of ether oxygens (including phenoxy) is 2. The number of aromatic nitrogens is 1. The number of sulfonamides is 1. The second-order valence-electron chi connectivity index (χ2n) is 5.97. The molecule has 30 heavy (non-hydrogen) atoms. The number of hydrogen-bond acceptors (Lipinski definition) is 8. The molecule has 0 fully saturated rings. The fourth-order valence-electron chi connectivity index (χ4n) is 2.39. The molecule has 0 aliphatic rings. The molecule has 0 spiro atoms. The summed E-state index contributed by atoms with van der Waals surface area (Å²) < 4.78 is 37.4. The van der Waals surface area contributed by atoms with E-state index in [0.717, 1.165) is 21.8 Å². The molecule has 13 heteroatoms. The van der Waals surface area contributed by atoms with E-state index in [0.29, 0.717) is 25.4 Å². The molecule has 5 N–H and O–H groups in total. The number of rotatable bonds is 9. The second-order valence-corrected chi connectivity index (χ2v) is 9.02. The van der Waals surface area contributed by atoms with E-state index in [4.69, 9.17) is 15.2 Å². The van der Waals surface area contributed by atoms with E-state index in [2.05, 4.69) is 15.6 Å². The molecule has 11 nitrogen and oxygen atoms in total. The predicted molar refractivity (Wildman–Crippen MR) is 113 cm³/mol. The third kappa shape index (κ3) is 6.57. The molecule has 0 atom stereocenters. The highest BCUT2D eigenvalue weighted by Crippen LogP contribution is 2.26. The molecule has 2 aromatic rings. The molecule has 2 rings (SSSR count). The number of methoxy groups -OCH3 is 1. The number of primary amides is 1. The largest absolute Gasteiger partial charge is 0.494 e. The molecular formula is C17H23N5O6S2. The van der Waals surface area contributed by atoms with E-state index in [1.54, 1.807) is 21.0 Å². The van der Waals surface area contributed by atoms with Crippen molar-refractivity contribution in [2.75, 3.05) is 31.0 Å². The molecule has 0 saturated heterocycles. The van der Waals surface area contributed by atoms with Crippen LogP contribution < -0.4 is 25.8 Å². The van der Waals surface area contributed by atoms with Gasteiger partial charge in [0.05, 0.1) is 13.2 Å². The van der Waals surface area contributed by atoms with Gasteiger partial charge in [-0.05, 0) is 25.5 Å². The standard InChI is InChI=1S/C17H23N5O6S2/c1-4-28-11-8-13(20-16(18)23)19-14(9-11)21-17(24)22-30(25,26)15-7-10(2)12(29-15)5-6-27-3/h7-9H,4-6H2,1-3H3,(H5,18,19,20,21,22,23,24). The van der Waals surface area contributed by atoms with Gasteiger partial charge in [-0.25, -0.2) is 27.7 Å². The Morgan fingerprint density at radius 3 is 2.47 bits per heavy atom. The highest BCUT2D eigenvalue weighted by molar-refractivity contribution is 7.92. The van der Waals surface area contributed by atoms with Gasteiger partial charge >= 0.3 is 12.1 Å². The highest BCUT2D eigenvalue weighted by Gasteiger charge is 2.22. The summed E-state index contributed by atoms with van der Waals surface area (Å²) in [4.78, 5) is 28.1. The lowest BCUT2D eigenvalue weighted by molar-refractivity contribution is 0.203. The lowest BCUT2D eigenvalue weighted by atomic mass is 10.2. The first-order chi connectivity index (χ1) is 14.1. The van der Waals surface area contributed by atoms with Crippen LogP contribution in [0.4, 0.5) is 21.2 Å². The van der Waals surface area contributed by atoms with Crippen LogP contribution in [0.2, 0.25) is 0 Å². The van der Waals surface area contributed by atoms with Gasteiger partial charge in [-0.2, -0.15) is 0 Å². The second kappa shape index (κ2) is 10.2. The Morgan fingerprint density at radius 1 is 1.20 bits per heavy atom. The average molecular weight is 458 g/mol. The van der Waals surface area contributed by atoms with E-state index >= 15 is 0 Å². The van der Waals surface area contributed by atoms with Crippen LogP contribution in [0.25, 0.3) is 0 Å². The molecule has 0 aliphatic heterocycles. The van der Waals surface area contributed by atoms with Crippen molar-refractivity contribution in [2.45, 2.75) is 24.5 Å². The first-order valence-corrected chi connectivity index (χ1v) is 11.1. The van der Waals surface area contributed by atoms with Gasteiger partial charge in [-0.1, -0.05) is 0 Å². The molecule has 4 amide bonds. The van der Waals surface area contributed by atoms with E-state index in [1.165, 1.54) is 18.2 Å². The van der Waals surface area contributed by atoms with Crippen LogP contribution in [-0.2, 0) is 21.2 Å². The van der Waals surface area contributed by atoms with E-state index < -0.39 is 22.1 Å². The van der Waals surface area contributed by atoms with Crippen LogP contribution in [0, 0.1) is 6.92 Å². The van der Waals surface area contributed by atoms with E-state index in [-0.39, 0.29) is 15.8 Å². The Morgan fingerprint density at radius 2 is 1.87 bits per heavy atom. The molecule has 0 bridgehead atoms. The van der Waals surface area contributed by atoms with Crippen LogP contribution in [0.1, 0.15) is 17.4 Å². The fourth-order valence-corrected chi connectivity index (χ4v) is 4.87. The monoisotopic (exact) mass is 457 g/mol. The maximum absolute atomic E-state index is 12.5. The Bertz CT molecular complexity index is 1020. The third-order valence-corrected chi connectivity index (χ3v) is 6.73. The van der Waals surface area contributed by atoms with Gasteiger partial charge in [0.2, 0.25) is 0 Å². The normalized spacial score (nSPS) is 11.0. The Hall–Kier alpha value is -2.90. The molecule has 2 heterocycles. The van der Waals surface area contributed by atoms with Crippen LogP contribution in [0.5, 0.6) is 5.75 Å². The smallest absolute Gasteiger partial charge is 0.334 e. The van der Waals surface area contributed by atoms with Gasteiger partial charge in [0.1, 0.15) is 21.6 Å². The summed E-state index contributed by atoms with van der Waals surface area (Å²) >= 11 is 1.07. The minimum absolute atomic E-state index is 0.00774. The molecule has 2 aromatic heterocycles. The molecule has 0 aliphatic carbocycles. The summed E-state index contributed by atoms with van der Waals surface area (Å²) in [6.45, 7) is 4.32. The lowest BCUT2D eigenvalue weighted by Crippen LogP contribution is -2.34. The number of hydrogen-bond donors (Lipinski definition) is 4. The zero-order valence-electron chi connectivity index (χ0n) is 16.6. The predicted octanol–water partition coefficient (Wildman–Crippen LogP) is 2.04. The van der Waals surface area contributed by atoms with Crippen molar-refractivity contribution in [1.82, 2.24) is 9.71 Å². The van der Waals surface area contributed by atoms with Crippen molar-refractivity contribution < 1.29 is 27.5 Å². The number of amides is 4. The van der Waals surface area contributed by atoms with Crippen molar-refractivity contribution in [3.63, 3.8) is 0 Å². The zero-order valence-corrected chi connectivity index (χ0v) is 18.3. The average Bonchev–Trinajstić information content (AvgIpc) is 3.00. The molecule has 0 radical (unpaired) electrons. The van der Waals surface area contributed by atoms with Gasteiger partial charge in [0, 0.05) is 30.5 Å². The molecular weight excluding hydrogens is 434 g/mol. The lowest BCUT2D eigenvalue weighted by Gasteiger charge is -2.11. The van der Waals surface area contributed by atoms with Gasteiger partial charge < -0.3 is 15.2 Å². The molecule has 0 aromatic carbocycles. The van der Waals surface area contributed by atoms with Crippen molar-refractivity contribution in [2.24, 2.45) is 5.73 Å². The Labute approximate surface area is 178 Å². The van der Waals surface area contributed by atoms with E-state index in [1.807, 2.05) is 4.72 Å². The molecule has 164 valence electrons. The summed E-state index contributed by atoms with van der Waals surface area (Å²) in [7, 11) is -2.53. The zero-order chi connectivity index (χ0) is 22.3. The summed E-state index contributed by atoms with van der Waals surface area (Å²) in [5.74, 6) is 0.287. The van der Waals surface area contributed by atoms with Crippen LogP contribution >= 0.6 is 11.3 Å². The first-order valence-electron chi connectivity index (χ1n) is 8.78. The van der Waals surface area contributed by atoms with Crippen LogP contribution in [0.15, 0.2) is 22.4 Å². The topological polar surface area (TPSA) is 162 Å². The summed E-state index contributed by atoms with van der Waals surface area (Å²) in [6.07, 6.45) is 0.568. The third-order valence-electron chi connectivity index (χ3n) is 3.63. The highest BCUT2D eigenvalue weighted by atomic mass is 32.2. The number of thiophene rings is 1. The van der Waals surface area contributed by atoms with Gasteiger partial charge in [-0.3, -0.25) is 10.6 Å². The van der Waals surface area contributed by atoms with Crippen molar-refractivity contribution >= 4 is 45.1 Å². The Kier molecular flexibility index (Phi) is 7.97. The quantitative estimate of drug-likeness (QED) is 0.448. The number of aryl methyl sites for hydroxylation is 1. The number of nitrogens with zero attached hydrogens (tertiary/aromatic N) is 1. The number of carbonyl (C=O) groups is 2. The summed E-state index contributed by atoms with van der Waals surface area (Å²) in [5.41, 5.74) is 5.87. The van der Waals surface area contributed by atoms with E-state index in [9.17, 15) is 18.0 Å². The maximum atomic E-state index is 12.5.